The van der Waals surface area contributed by atoms with Crippen LogP contribution in [0.5, 0.6) is 0 Å². The lowest BCUT2D eigenvalue weighted by Gasteiger charge is -2.08. The van der Waals surface area contributed by atoms with E-state index < -0.39 is 0 Å². The summed E-state index contributed by atoms with van der Waals surface area (Å²) in [6.45, 7) is 1.95. The van der Waals surface area contributed by atoms with Crippen molar-refractivity contribution < 1.29 is 4.79 Å². The normalized spacial score (nSPS) is 10.7. The number of halogens is 1. The number of H-pyrrole nitrogens is 1. The lowest BCUT2D eigenvalue weighted by atomic mass is 10.1. The molecule has 0 unspecified atom stereocenters. The summed E-state index contributed by atoms with van der Waals surface area (Å²) in [5.74, 6) is -0.280. The Balaban J connectivity index is 1.55. The van der Waals surface area contributed by atoms with Crippen molar-refractivity contribution in [1.29, 1.82) is 0 Å². The molecule has 0 aliphatic carbocycles. The minimum absolute atomic E-state index is 0.280. The second-order valence-electron chi connectivity index (χ2n) is 5.88. The van der Waals surface area contributed by atoms with Gasteiger partial charge in [-0.05, 0) is 53.2 Å². The number of aromatic nitrogens is 6. The summed E-state index contributed by atoms with van der Waals surface area (Å²) >= 11 is 3.40. The Morgan fingerprint density at radius 2 is 1.96 bits per heavy atom. The number of carbonyl (C=O) groups excluding carboxylic acids is 1. The zero-order valence-electron chi connectivity index (χ0n) is 14.2. The largest absolute Gasteiger partial charge is 0.321 e. The van der Waals surface area contributed by atoms with Crippen molar-refractivity contribution in [3.8, 4) is 16.9 Å². The summed E-state index contributed by atoms with van der Waals surface area (Å²) in [4.78, 5) is 12.6. The van der Waals surface area contributed by atoms with Crippen LogP contribution >= 0.6 is 15.9 Å². The van der Waals surface area contributed by atoms with E-state index in [2.05, 4.69) is 47.0 Å². The summed E-state index contributed by atoms with van der Waals surface area (Å²) in [6.07, 6.45) is 1.51. The summed E-state index contributed by atoms with van der Waals surface area (Å²) < 4.78 is 2.53. The zero-order valence-corrected chi connectivity index (χ0v) is 15.8. The van der Waals surface area contributed by atoms with Gasteiger partial charge in [-0.2, -0.15) is 5.10 Å². The van der Waals surface area contributed by atoms with Crippen molar-refractivity contribution >= 4 is 27.5 Å². The van der Waals surface area contributed by atoms with Crippen molar-refractivity contribution in [2.75, 3.05) is 5.32 Å². The fourth-order valence-corrected chi connectivity index (χ4v) is 2.87. The third kappa shape index (κ3) is 3.63. The average Bonchev–Trinajstić information content (AvgIpc) is 3.36. The van der Waals surface area contributed by atoms with Crippen LogP contribution in [0.25, 0.3) is 16.9 Å². The van der Waals surface area contributed by atoms with Gasteiger partial charge >= 0.3 is 0 Å². The van der Waals surface area contributed by atoms with Gasteiger partial charge in [0, 0.05) is 15.7 Å². The van der Waals surface area contributed by atoms with Gasteiger partial charge in [0.2, 0.25) is 0 Å². The Labute approximate surface area is 162 Å². The van der Waals surface area contributed by atoms with Crippen LogP contribution in [0.3, 0.4) is 0 Å². The molecule has 0 aliphatic rings. The SMILES string of the molecule is Cc1ccc(NC(=O)c2cc(-c3ccc(Br)cc3)n[nH]2)cc1-n1cnnn1. The number of benzene rings is 2. The molecule has 8 nitrogen and oxygen atoms in total. The van der Waals surface area contributed by atoms with Crippen LogP contribution in [0, 0.1) is 6.92 Å². The molecule has 4 rings (SSSR count). The van der Waals surface area contributed by atoms with Crippen LogP contribution in [-0.4, -0.2) is 36.3 Å². The van der Waals surface area contributed by atoms with Gasteiger partial charge in [0.1, 0.15) is 12.0 Å². The van der Waals surface area contributed by atoms with Gasteiger partial charge in [-0.15, -0.1) is 5.10 Å². The fourth-order valence-electron chi connectivity index (χ4n) is 2.61. The van der Waals surface area contributed by atoms with Crippen LogP contribution in [0.4, 0.5) is 5.69 Å². The van der Waals surface area contributed by atoms with E-state index in [1.807, 2.05) is 49.4 Å². The number of amides is 1. The predicted molar refractivity (Wildman–Crippen MR) is 104 cm³/mol. The van der Waals surface area contributed by atoms with E-state index >= 15 is 0 Å². The Morgan fingerprint density at radius 3 is 2.70 bits per heavy atom. The number of carbonyl (C=O) groups is 1. The third-order valence-electron chi connectivity index (χ3n) is 4.03. The van der Waals surface area contributed by atoms with Gasteiger partial charge in [0.25, 0.3) is 5.91 Å². The Bertz CT molecular complexity index is 1090. The molecule has 0 saturated carbocycles. The highest BCUT2D eigenvalue weighted by Gasteiger charge is 2.13. The summed E-state index contributed by atoms with van der Waals surface area (Å²) in [5, 5.41) is 21.0. The molecule has 4 aromatic rings. The van der Waals surface area contributed by atoms with Gasteiger partial charge < -0.3 is 5.32 Å². The van der Waals surface area contributed by atoms with Crippen LogP contribution in [-0.2, 0) is 0 Å². The predicted octanol–water partition coefficient (Wildman–Crippen LogP) is 3.38. The molecular weight excluding hydrogens is 410 g/mol. The van der Waals surface area contributed by atoms with E-state index in [0.717, 1.165) is 21.3 Å². The lowest BCUT2D eigenvalue weighted by Crippen LogP contribution is -2.13. The summed E-state index contributed by atoms with van der Waals surface area (Å²) in [6, 6.07) is 15.0. The standard InChI is InChI=1S/C18H14BrN7O/c1-11-2-7-14(8-17(11)26-10-20-24-25-26)21-18(27)16-9-15(22-23-16)12-3-5-13(19)6-4-12/h2-10H,1H3,(H,21,27)(H,22,23). The first-order valence-corrected chi connectivity index (χ1v) is 8.86. The molecule has 0 saturated heterocycles. The molecule has 2 aromatic carbocycles. The fraction of sp³-hybridized carbons (Fsp3) is 0.0556. The topological polar surface area (TPSA) is 101 Å². The zero-order chi connectivity index (χ0) is 18.8. The van der Waals surface area contributed by atoms with E-state index in [9.17, 15) is 4.79 Å². The molecule has 0 fully saturated rings. The molecule has 0 bridgehead atoms. The van der Waals surface area contributed by atoms with Crippen molar-refractivity contribution in [2.24, 2.45) is 0 Å². The maximum absolute atomic E-state index is 12.6. The van der Waals surface area contributed by atoms with Crippen molar-refractivity contribution in [3.63, 3.8) is 0 Å². The molecule has 2 N–H and O–H groups in total. The van der Waals surface area contributed by atoms with Crippen LogP contribution in [0.1, 0.15) is 16.1 Å². The van der Waals surface area contributed by atoms with Gasteiger partial charge in [0.05, 0.1) is 11.4 Å². The molecule has 1 amide bonds. The van der Waals surface area contributed by atoms with Crippen molar-refractivity contribution in [1.82, 2.24) is 30.4 Å². The number of nitrogens with zero attached hydrogens (tertiary/aromatic N) is 5. The Hall–Kier alpha value is -3.33. The van der Waals surface area contributed by atoms with E-state index in [1.54, 1.807) is 10.7 Å². The molecule has 134 valence electrons. The first-order valence-electron chi connectivity index (χ1n) is 8.07. The number of hydrogen-bond donors (Lipinski definition) is 2. The summed E-state index contributed by atoms with van der Waals surface area (Å²) in [7, 11) is 0. The second kappa shape index (κ2) is 7.12. The number of rotatable bonds is 4. The molecule has 2 aromatic heterocycles. The van der Waals surface area contributed by atoms with E-state index in [4.69, 9.17) is 0 Å². The Kier molecular flexibility index (Phi) is 4.51. The quantitative estimate of drug-likeness (QED) is 0.523. The molecular formula is C18H14BrN7O. The highest BCUT2D eigenvalue weighted by Crippen LogP contribution is 2.22. The van der Waals surface area contributed by atoms with Crippen LogP contribution in [0.2, 0.25) is 0 Å². The molecule has 27 heavy (non-hydrogen) atoms. The molecule has 2 heterocycles. The maximum Gasteiger partial charge on any atom is 0.273 e. The van der Waals surface area contributed by atoms with Gasteiger partial charge in [0.15, 0.2) is 0 Å². The monoisotopic (exact) mass is 423 g/mol. The van der Waals surface area contributed by atoms with Crippen LogP contribution in [0.15, 0.2) is 59.3 Å². The third-order valence-corrected chi connectivity index (χ3v) is 4.55. The first-order chi connectivity index (χ1) is 13.1. The van der Waals surface area contributed by atoms with E-state index in [-0.39, 0.29) is 5.91 Å². The maximum atomic E-state index is 12.6. The number of hydrogen-bond acceptors (Lipinski definition) is 5. The minimum atomic E-state index is -0.280. The van der Waals surface area contributed by atoms with Gasteiger partial charge in [-0.25, -0.2) is 4.68 Å². The number of aryl methyl sites for hydroxylation is 1. The summed E-state index contributed by atoms with van der Waals surface area (Å²) in [5.41, 5.74) is 4.40. The number of nitrogens with one attached hydrogen (secondary N) is 2. The molecule has 0 spiro atoms. The van der Waals surface area contributed by atoms with E-state index in [0.29, 0.717) is 17.1 Å². The molecule has 9 heteroatoms. The highest BCUT2D eigenvalue weighted by molar-refractivity contribution is 9.10. The molecule has 0 atom stereocenters. The number of aromatic amines is 1. The molecule has 0 aliphatic heterocycles. The lowest BCUT2D eigenvalue weighted by molar-refractivity contribution is 0.102. The van der Waals surface area contributed by atoms with E-state index in [1.165, 1.54) is 6.33 Å². The van der Waals surface area contributed by atoms with Gasteiger partial charge in [-0.1, -0.05) is 34.1 Å². The minimum Gasteiger partial charge on any atom is -0.321 e. The average molecular weight is 424 g/mol. The number of tetrazole rings is 1. The first kappa shape index (κ1) is 17.1. The second-order valence-corrected chi connectivity index (χ2v) is 6.80. The Morgan fingerprint density at radius 1 is 1.15 bits per heavy atom. The highest BCUT2D eigenvalue weighted by atomic mass is 79.9. The van der Waals surface area contributed by atoms with Crippen molar-refractivity contribution in [3.05, 3.63) is 70.6 Å². The van der Waals surface area contributed by atoms with Crippen LogP contribution < -0.4 is 5.32 Å². The smallest absolute Gasteiger partial charge is 0.273 e. The van der Waals surface area contributed by atoms with Crippen molar-refractivity contribution in [2.45, 2.75) is 6.92 Å². The number of anilines is 1. The van der Waals surface area contributed by atoms with Gasteiger partial charge in [-0.3, -0.25) is 9.89 Å². The molecule has 0 radical (unpaired) electrons.